The summed E-state index contributed by atoms with van der Waals surface area (Å²) in [6.07, 6.45) is 0. The van der Waals surface area contributed by atoms with Crippen LogP contribution in [0.4, 0.5) is 5.69 Å². The van der Waals surface area contributed by atoms with Crippen LogP contribution in [0.5, 0.6) is 5.75 Å². The molecule has 0 saturated carbocycles. The molecular formula is C11H17NO2S. The Morgan fingerprint density at radius 2 is 2.20 bits per heavy atom. The van der Waals surface area contributed by atoms with Crippen molar-refractivity contribution in [1.29, 1.82) is 0 Å². The Balaban J connectivity index is 2.51. The molecule has 0 saturated heterocycles. The fraction of sp³-hybridized carbons (Fsp3) is 0.455. The molecule has 4 heteroatoms. The van der Waals surface area contributed by atoms with E-state index in [9.17, 15) is 0 Å². The first-order chi connectivity index (χ1) is 7.27. The number of nitrogen functional groups attached to an aromatic ring is 1. The van der Waals surface area contributed by atoms with Crippen LogP contribution in [0.3, 0.4) is 0 Å². The molecule has 84 valence electrons. The van der Waals surface area contributed by atoms with Crippen LogP contribution < -0.4 is 10.5 Å². The van der Waals surface area contributed by atoms with Gasteiger partial charge in [0.05, 0.1) is 13.7 Å². The van der Waals surface area contributed by atoms with Crippen molar-refractivity contribution < 1.29 is 9.47 Å². The molecular weight excluding hydrogens is 210 g/mol. The molecule has 0 unspecified atom stereocenters. The van der Waals surface area contributed by atoms with E-state index in [1.54, 1.807) is 18.9 Å². The van der Waals surface area contributed by atoms with Crippen molar-refractivity contribution in [3.63, 3.8) is 0 Å². The van der Waals surface area contributed by atoms with Gasteiger partial charge in [-0.2, -0.15) is 0 Å². The summed E-state index contributed by atoms with van der Waals surface area (Å²) in [6, 6.07) is 5.68. The van der Waals surface area contributed by atoms with Crippen LogP contribution in [0.1, 0.15) is 6.92 Å². The van der Waals surface area contributed by atoms with Gasteiger partial charge in [-0.3, -0.25) is 0 Å². The predicted molar refractivity (Wildman–Crippen MR) is 64.6 cm³/mol. The Kier molecular flexibility index (Phi) is 5.36. The molecule has 0 aliphatic heterocycles. The fourth-order valence-electron chi connectivity index (χ4n) is 1.12. The molecule has 0 spiro atoms. The van der Waals surface area contributed by atoms with Gasteiger partial charge in [-0.05, 0) is 25.1 Å². The summed E-state index contributed by atoms with van der Waals surface area (Å²) in [5, 5.41) is 0. The first-order valence-electron chi connectivity index (χ1n) is 4.92. The average molecular weight is 227 g/mol. The van der Waals surface area contributed by atoms with Gasteiger partial charge in [0.1, 0.15) is 5.75 Å². The molecule has 0 radical (unpaired) electrons. The Labute approximate surface area is 94.9 Å². The molecule has 1 rings (SSSR count). The monoisotopic (exact) mass is 227 g/mol. The summed E-state index contributed by atoms with van der Waals surface area (Å²) < 4.78 is 10.4. The highest BCUT2D eigenvalue weighted by molar-refractivity contribution is 7.99. The lowest BCUT2D eigenvalue weighted by molar-refractivity contribution is 0.164. The standard InChI is InChI=1S/C11H17NO2S/c1-3-14-6-7-15-11-8-9(13-2)4-5-10(11)12/h4-5,8H,3,6-7,12H2,1-2H3. The Morgan fingerprint density at radius 1 is 1.40 bits per heavy atom. The first-order valence-corrected chi connectivity index (χ1v) is 5.90. The molecule has 3 nitrogen and oxygen atoms in total. The van der Waals surface area contributed by atoms with Crippen molar-refractivity contribution >= 4 is 17.4 Å². The van der Waals surface area contributed by atoms with Crippen molar-refractivity contribution in [2.75, 3.05) is 31.8 Å². The van der Waals surface area contributed by atoms with Gasteiger partial charge in [0, 0.05) is 22.9 Å². The average Bonchev–Trinajstić information content (AvgIpc) is 2.26. The van der Waals surface area contributed by atoms with Crippen LogP contribution in [0.25, 0.3) is 0 Å². The molecule has 1 aromatic carbocycles. The van der Waals surface area contributed by atoms with E-state index in [1.807, 2.05) is 25.1 Å². The lowest BCUT2D eigenvalue weighted by Crippen LogP contribution is -1.97. The SMILES string of the molecule is CCOCCSc1cc(OC)ccc1N. The summed E-state index contributed by atoms with van der Waals surface area (Å²) in [7, 11) is 1.65. The van der Waals surface area contributed by atoms with Gasteiger partial charge in [0.15, 0.2) is 0 Å². The summed E-state index contributed by atoms with van der Waals surface area (Å²) in [4.78, 5) is 1.05. The van der Waals surface area contributed by atoms with Crippen molar-refractivity contribution in [3.8, 4) is 5.75 Å². The number of hydrogen-bond acceptors (Lipinski definition) is 4. The summed E-state index contributed by atoms with van der Waals surface area (Å²) in [5.74, 6) is 1.74. The largest absolute Gasteiger partial charge is 0.497 e. The molecule has 2 N–H and O–H groups in total. The van der Waals surface area contributed by atoms with Gasteiger partial charge in [0.25, 0.3) is 0 Å². The number of anilines is 1. The van der Waals surface area contributed by atoms with Crippen molar-refractivity contribution in [3.05, 3.63) is 18.2 Å². The third-order valence-corrected chi connectivity index (χ3v) is 2.95. The maximum atomic E-state index is 5.84. The normalized spacial score (nSPS) is 10.3. The molecule has 0 atom stereocenters. The van der Waals surface area contributed by atoms with Crippen LogP contribution >= 0.6 is 11.8 Å². The topological polar surface area (TPSA) is 44.5 Å². The maximum Gasteiger partial charge on any atom is 0.120 e. The number of ether oxygens (including phenoxy) is 2. The van der Waals surface area contributed by atoms with Crippen LogP contribution in [-0.4, -0.2) is 26.1 Å². The minimum atomic E-state index is 0.748. The Morgan fingerprint density at radius 3 is 2.87 bits per heavy atom. The molecule has 0 aliphatic carbocycles. The molecule has 0 heterocycles. The molecule has 0 aromatic heterocycles. The number of rotatable bonds is 6. The molecule has 0 amide bonds. The molecule has 0 bridgehead atoms. The van der Waals surface area contributed by atoms with Gasteiger partial charge < -0.3 is 15.2 Å². The zero-order valence-corrected chi connectivity index (χ0v) is 9.97. The maximum absolute atomic E-state index is 5.84. The highest BCUT2D eigenvalue weighted by Crippen LogP contribution is 2.28. The molecule has 0 fully saturated rings. The van der Waals surface area contributed by atoms with Crippen LogP contribution in [0, 0.1) is 0 Å². The van der Waals surface area contributed by atoms with E-state index in [-0.39, 0.29) is 0 Å². The van der Waals surface area contributed by atoms with Crippen molar-refractivity contribution in [2.24, 2.45) is 0 Å². The Bertz CT molecular complexity index is 305. The summed E-state index contributed by atoms with van der Waals surface area (Å²) in [5.41, 5.74) is 6.63. The molecule has 1 aromatic rings. The summed E-state index contributed by atoms with van der Waals surface area (Å²) in [6.45, 7) is 3.50. The van der Waals surface area contributed by atoms with E-state index >= 15 is 0 Å². The number of hydrogen-bond donors (Lipinski definition) is 1. The second-order valence-corrected chi connectivity index (χ2v) is 4.09. The minimum Gasteiger partial charge on any atom is -0.497 e. The van der Waals surface area contributed by atoms with Gasteiger partial charge in [-0.25, -0.2) is 0 Å². The van der Waals surface area contributed by atoms with E-state index in [2.05, 4.69) is 0 Å². The van der Waals surface area contributed by atoms with E-state index in [4.69, 9.17) is 15.2 Å². The fourth-order valence-corrected chi connectivity index (χ4v) is 1.98. The molecule has 0 aliphatic rings. The van der Waals surface area contributed by atoms with E-state index in [1.165, 1.54) is 0 Å². The zero-order valence-electron chi connectivity index (χ0n) is 9.16. The number of methoxy groups -OCH3 is 1. The number of thioether (sulfide) groups is 1. The Hall–Kier alpha value is -0.870. The van der Waals surface area contributed by atoms with Crippen LogP contribution in [0.15, 0.2) is 23.1 Å². The second-order valence-electron chi connectivity index (χ2n) is 2.95. The molecule has 15 heavy (non-hydrogen) atoms. The van der Waals surface area contributed by atoms with Gasteiger partial charge in [-0.1, -0.05) is 0 Å². The van der Waals surface area contributed by atoms with Crippen LogP contribution in [0.2, 0.25) is 0 Å². The predicted octanol–water partition coefficient (Wildman–Crippen LogP) is 2.41. The van der Waals surface area contributed by atoms with Gasteiger partial charge in [-0.15, -0.1) is 11.8 Å². The second kappa shape index (κ2) is 6.58. The first kappa shape index (κ1) is 12.2. The highest BCUT2D eigenvalue weighted by atomic mass is 32.2. The van der Waals surface area contributed by atoms with Gasteiger partial charge in [0.2, 0.25) is 0 Å². The third-order valence-electron chi connectivity index (χ3n) is 1.91. The quantitative estimate of drug-likeness (QED) is 0.460. The van der Waals surface area contributed by atoms with Crippen LogP contribution in [-0.2, 0) is 4.74 Å². The van der Waals surface area contributed by atoms with Crippen molar-refractivity contribution in [2.45, 2.75) is 11.8 Å². The number of benzene rings is 1. The van der Waals surface area contributed by atoms with E-state index in [0.29, 0.717) is 0 Å². The smallest absolute Gasteiger partial charge is 0.120 e. The van der Waals surface area contributed by atoms with Gasteiger partial charge >= 0.3 is 0 Å². The highest BCUT2D eigenvalue weighted by Gasteiger charge is 2.01. The lowest BCUT2D eigenvalue weighted by Gasteiger charge is -2.07. The summed E-state index contributed by atoms with van der Waals surface area (Å²) >= 11 is 1.69. The van der Waals surface area contributed by atoms with E-state index in [0.717, 1.165) is 35.3 Å². The van der Waals surface area contributed by atoms with E-state index < -0.39 is 0 Å². The van der Waals surface area contributed by atoms with Crippen molar-refractivity contribution in [1.82, 2.24) is 0 Å². The number of nitrogens with two attached hydrogens (primary N) is 1. The minimum absolute atomic E-state index is 0.748. The zero-order chi connectivity index (χ0) is 11.1. The third kappa shape index (κ3) is 4.01. The lowest BCUT2D eigenvalue weighted by atomic mass is 10.3.